The van der Waals surface area contributed by atoms with Crippen molar-refractivity contribution < 1.29 is 17.9 Å². The van der Waals surface area contributed by atoms with Gasteiger partial charge < -0.3 is 14.8 Å². The van der Waals surface area contributed by atoms with E-state index >= 15 is 0 Å². The van der Waals surface area contributed by atoms with Gasteiger partial charge >= 0.3 is 0 Å². The lowest BCUT2D eigenvalue weighted by Crippen LogP contribution is -2.32. The van der Waals surface area contributed by atoms with Crippen LogP contribution in [0.2, 0.25) is 0 Å². The summed E-state index contributed by atoms with van der Waals surface area (Å²) in [6, 6.07) is 5.90. The molecule has 2 aliphatic rings. The summed E-state index contributed by atoms with van der Waals surface area (Å²) in [7, 11) is -2.88. The maximum Gasteiger partial charge on any atom is 0.231 e. The van der Waals surface area contributed by atoms with Gasteiger partial charge in [0.05, 0.1) is 11.0 Å². The van der Waals surface area contributed by atoms with Crippen LogP contribution in [-0.2, 0) is 9.84 Å². The highest BCUT2D eigenvalue weighted by atomic mass is 32.2. The predicted octanol–water partition coefficient (Wildman–Crippen LogP) is 1.64. The highest BCUT2D eigenvalue weighted by molar-refractivity contribution is 7.92. The van der Waals surface area contributed by atoms with Gasteiger partial charge in [-0.1, -0.05) is 6.07 Å². The van der Waals surface area contributed by atoms with Crippen LogP contribution in [-0.4, -0.2) is 32.8 Å². The molecule has 1 saturated heterocycles. The summed E-state index contributed by atoms with van der Waals surface area (Å²) in [6.07, 6.45) is 1.55. The molecule has 2 unspecified atom stereocenters. The molecule has 1 fully saturated rings. The lowest BCUT2D eigenvalue weighted by Gasteiger charge is -2.17. The molecule has 0 amide bonds. The van der Waals surface area contributed by atoms with Gasteiger partial charge in [-0.05, 0) is 37.5 Å². The molecular formula is C14H19NO4S. The first-order valence-electron chi connectivity index (χ1n) is 6.91. The third kappa shape index (κ3) is 2.62. The molecule has 0 radical (unpaired) electrons. The second-order valence-corrected chi connectivity index (χ2v) is 7.77. The number of ether oxygens (including phenoxy) is 2. The van der Waals surface area contributed by atoms with Gasteiger partial charge in [0.1, 0.15) is 0 Å². The number of nitrogens with one attached hydrogen (secondary N) is 1. The Bertz CT molecular complexity index is 599. The Labute approximate surface area is 119 Å². The summed E-state index contributed by atoms with van der Waals surface area (Å²) in [4.78, 5) is 0. The zero-order chi connectivity index (χ0) is 14.2. The summed E-state index contributed by atoms with van der Waals surface area (Å²) in [6.45, 7) is 2.80. The normalized spacial score (nSPS) is 24.8. The molecular weight excluding hydrogens is 278 g/mol. The van der Waals surface area contributed by atoms with Gasteiger partial charge in [0.2, 0.25) is 6.79 Å². The smallest absolute Gasteiger partial charge is 0.231 e. The quantitative estimate of drug-likeness (QED) is 0.915. The van der Waals surface area contributed by atoms with Crippen molar-refractivity contribution in [1.29, 1.82) is 0 Å². The fraction of sp³-hybridized carbons (Fsp3) is 0.571. The molecule has 5 nitrogen and oxygen atoms in total. The third-order valence-corrected chi connectivity index (χ3v) is 6.29. The van der Waals surface area contributed by atoms with Crippen molar-refractivity contribution in [2.75, 3.05) is 19.1 Å². The molecule has 20 heavy (non-hydrogen) atoms. The Balaban J connectivity index is 1.63. The maximum absolute atomic E-state index is 11.8. The molecule has 3 rings (SSSR count). The highest BCUT2D eigenvalue weighted by Gasteiger charge is 2.31. The molecule has 110 valence electrons. The molecule has 1 N–H and O–H groups in total. The fourth-order valence-electron chi connectivity index (χ4n) is 2.70. The van der Waals surface area contributed by atoms with Crippen LogP contribution in [0.5, 0.6) is 11.5 Å². The van der Waals surface area contributed by atoms with Crippen LogP contribution >= 0.6 is 0 Å². The minimum Gasteiger partial charge on any atom is -0.454 e. The van der Waals surface area contributed by atoms with E-state index in [2.05, 4.69) is 5.32 Å². The number of benzene rings is 1. The van der Waals surface area contributed by atoms with E-state index in [0.29, 0.717) is 12.3 Å². The van der Waals surface area contributed by atoms with Crippen LogP contribution in [0.25, 0.3) is 0 Å². The monoisotopic (exact) mass is 297 g/mol. The zero-order valence-corrected chi connectivity index (χ0v) is 12.3. The average Bonchev–Trinajstić information content (AvgIpc) is 3.01. The van der Waals surface area contributed by atoms with Crippen molar-refractivity contribution in [2.45, 2.75) is 31.1 Å². The summed E-state index contributed by atoms with van der Waals surface area (Å²) < 4.78 is 34.2. The minimum absolute atomic E-state index is 0.0836. The molecule has 0 aromatic heterocycles. The molecule has 0 bridgehead atoms. The van der Waals surface area contributed by atoms with Crippen molar-refractivity contribution >= 4 is 9.84 Å². The lowest BCUT2D eigenvalue weighted by molar-refractivity contribution is 0.174. The van der Waals surface area contributed by atoms with E-state index in [4.69, 9.17) is 9.47 Å². The standard InChI is InChI=1S/C14H19NO4S/c1-10(15-8-12-3-2-6-20(12,16)17)11-4-5-13-14(7-11)19-9-18-13/h4-5,7,10,12,15H,2-3,6,8-9H2,1H3. The van der Waals surface area contributed by atoms with Gasteiger partial charge in [-0.25, -0.2) is 8.42 Å². The molecule has 2 aliphatic heterocycles. The number of rotatable bonds is 4. The number of sulfone groups is 1. The van der Waals surface area contributed by atoms with Crippen LogP contribution < -0.4 is 14.8 Å². The Morgan fingerprint density at radius 2 is 2.15 bits per heavy atom. The first kappa shape index (κ1) is 13.7. The van der Waals surface area contributed by atoms with E-state index < -0.39 is 9.84 Å². The van der Waals surface area contributed by atoms with E-state index in [9.17, 15) is 8.42 Å². The highest BCUT2D eigenvalue weighted by Crippen LogP contribution is 2.34. The van der Waals surface area contributed by atoms with Gasteiger partial charge in [0, 0.05) is 12.6 Å². The van der Waals surface area contributed by atoms with Crippen LogP contribution in [0, 0.1) is 0 Å². The number of hydrogen-bond donors (Lipinski definition) is 1. The summed E-state index contributed by atoms with van der Waals surface area (Å²) >= 11 is 0. The fourth-order valence-corrected chi connectivity index (χ4v) is 4.47. The van der Waals surface area contributed by atoms with E-state index in [0.717, 1.165) is 29.9 Å². The van der Waals surface area contributed by atoms with Gasteiger partial charge in [0.25, 0.3) is 0 Å². The Hall–Kier alpha value is -1.27. The zero-order valence-electron chi connectivity index (χ0n) is 11.5. The molecule has 0 spiro atoms. The van der Waals surface area contributed by atoms with Crippen molar-refractivity contribution in [1.82, 2.24) is 5.32 Å². The van der Waals surface area contributed by atoms with Gasteiger partial charge in [0.15, 0.2) is 21.3 Å². The largest absolute Gasteiger partial charge is 0.454 e. The molecule has 0 aliphatic carbocycles. The Kier molecular flexibility index (Phi) is 3.60. The van der Waals surface area contributed by atoms with Crippen LogP contribution in [0.1, 0.15) is 31.4 Å². The maximum atomic E-state index is 11.8. The average molecular weight is 297 g/mol. The van der Waals surface area contributed by atoms with E-state index in [1.54, 1.807) is 0 Å². The first-order valence-corrected chi connectivity index (χ1v) is 8.62. The first-order chi connectivity index (χ1) is 9.56. The van der Waals surface area contributed by atoms with Crippen molar-refractivity contribution in [3.63, 3.8) is 0 Å². The molecule has 1 aromatic carbocycles. The summed E-state index contributed by atoms with van der Waals surface area (Å²) in [5.41, 5.74) is 1.07. The second-order valence-electron chi connectivity index (χ2n) is 5.37. The van der Waals surface area contributed by atoms with E-state index in [1.807, 2.05) is 25.1 Å². The SMILES string of the molecule is CC(NCC1CCCS1(=O)=O)c1ccc2c(c1)OCO2. The van der Waals surface area contributed by atoms with Crippen molar-refractivity contribution in [2.24, 2.45) is 0 Å². The molecule has 0 saturated carbocycles. The molecule has 2 heterocycles. The van der Waals surface area contributed by atoms with Crippen molar-refractivity contribution in [3.05, 3.63) is 23.8 Å². The van der Waals surface area contributed by atoms with Gasteiger partial charge in [-0.3, -0.25) is 0 Å². The number of hydrogen-bond acceptors (Lipinski definition) is 5. The topological polar surface area (TPSA) is 64.6 Å². The van der Waals surface area contributed by atoms with Gasteiger partial charge in [-0.15, -0.1) is 0 Å². The lowest BCUT2D eigenvalue weighted by atomic mass is 10.1. The summed E-state index contributed by atoms with van der Waals surface area (Å²) in [5.74, 6) is 1.85. The van der Waals surface area contributed by atoms with Gasteiger partial charge in [-0.2, -0.15) is 0 Å². The second kappa shape index (κ2) is 5.26. The minimum atomic E-state index is -2.88. The number of fused-ring (bicyclic) bond motifs is 1. The molecule has 6 heteroatoms. The Morgan fingerprint density at radius 3 is 2.90 bits per heavy atom. The van der Waals surface area contributed by atoms with Crippen LogP contribution in [0.15, 0.2) is 18.2 Å². The molecule has 1 aromatic rings. The van der Waals surface area contributed by atoms with Crippen molar-refractivity contribution in [3.8, 4) is 11.5 Å². The Morgan fingerprint density at radius 1 is 1.35 bits per heavy atom. The third-order valence-electron chi connectivity index (χ3n) is 4.01. The predicted molar refractivity (Wildman–Crippen MR) is 75.8 cm³/mol. The molecule has 2 atom stereocenters. The van der Waals surface area contributed by atoms with E-state index in [1.165, 1.54) is 0 Å². The van der Waals surface area contributed by atoms with E-state index in [-0.39, 0.29) is 18.1 Å². The van der Waals surface area contributed by atoms with Crippen LogP contribution in [0.4, 0.5) is 0 Å². The van der Waals surface area contributed by atoms with Crippen LogP contribution in [0.3, 0.4) is 0 Å². The summed E-state index contributed by atoms with van der Waals surface area (Å²) in [5, 5.41) is 3.08.